The number of benzene rings is 2. The summed E-state index contributed by atoms with van der Waals surface area (Å²) in [5.74, 6) is -1.28. The molecule has 9 heteroatoms. The average Bonchev–Trinajstić information content (AvgIpc) is 3.16. The molecule has 0 bridgehead atoms. The number of carbonyl (C=O) groups excluding carboxylic acids is 3. The molecule has 0 unspecified atom stereocenters. The largest absolute Gasteiger partial charge is 0.438 e. The Labute approximate surface area is 174 Å². The second-order valence-corrected chi connectivity index (χ2v) is 9.29. The van der Waals surface area contributed by atoms with E-state index >= 15 is 0 Å². The van der Waals surface area contributed by atoms with Crippen LogP contribution in [0, 0.1) is 5.92 Å². The summed E-state index contributed by atoms with van der Waals surface area (Å²) in [5, 5.41) is 3.54. The summed E-state index contributed by atoms with van der Waals surface area (Å²) in [4.78, 5) is 35.9. The highest BCUT2D eigenvalue weighted by Gasteiger charge is 2.35. The molecule has 1 aliphatic heterocycles. The molecule has 2 aromatic carbocycles. The van der Waals surface area contributed by atoms with E-state index in [0.29, 0.717) is 23.6 Å². The number of Topliss-reactive ketones (excluding diaryl/α,β-unsaturated/α-hetero) is 1. The molecule has 0 aliphatic carbocycles. The van der Waals surface area contributed by atoms with Crippen LogP contribution in [0.4, 0.5) is 4.79 Å². The molecule has 0 saturated carbocycles. The molecule has 0 spiro atoms. The minimum Gasteiger partial charge on any atom is -0.438 e. The quantitative estimate of drug-likeness (QED) is 0.581. The van der Waals surface area contributed by atoms with Crippen LogP contribution in [0.1, 0.15) is 12.8 Å². The smallest absolute Gasteiger partial charge is 0.405 e. The Morgan fingerprint density at radius 2 is 1.63 bits per heavy atom. The van der Waals surface area contributed by atoms with Crippen LogP contribution in [-0.4, -0.2) is 37.0 Å². The van der Waals surface area contributed by atoms with Gasteiger partial charge in [-0.05, 0) is 30.7 Å². The van der Waals surface area contributed by atoms with E-state index in [2.05, 4.69) is 5.32 Å². The normalized spacial score (nSPS) is 17.2. The van der Waals surface area contributed by atoms with Gasteiger partial charge in [0.1, 0.15) is 6.61 Å². The molecule has 3 rings (SSSR count). The van der Waals surface area contributed by atoms with Crippen LogP contribution in [0.15, 0.2) is 60.7 Å². The van der Waals surface area contributed by atoms with E-state index in [1.54, 1.807) is 60.7 Å². The number of hydrogen-bond acceptors (Lipinski definition) is 6. The summed E-state index contributed by atoms with van der Waals surface area (Å²) in [7, 11) is -3.57. The number of nitrogens with two attached hydrogens (primary N) is 1. The molecule has 158 valence electrons. The maximum absolute atomic E-state index is 13.8. The predicted octanol–water partition coefficient (Wildman–Crippen LogP) is 1.49. The van der Waals surface area contributed by atoms with Crippen molar-refractivity contribution in [3.05, 3.63) is 60.7 Å². The van der Waals surface area contributed by atoms with E-state index in [-0.39, 0.29) is 12.3 Å². The van der Waals surface area contributed by atoms with E-state index in [1.807, 2.05) is 0 Å². The van der Waals surface area contributed by atoms with Crippen LogP contribution in [0.3, 0.4) is 0 Å². The van der Waals surface area contributed by atoms with Gasteiger partial charge < -0.3 is 20.3 Å². The zero-order chi connectivity index (χ0) is 21.6. The van der Waals surface area contributed by atoms with Gasteiger partial charge in [-0.25, -0.2) is 4.79 Å². The molecule has 1 heterocycles. The lowest BCUT2D eigenvalue weighted by Crippen LogP contribution is -2.36. The minimum atomic E-state index is -3.57. The van der Waals surface area contributed by atoms with E-state index in [1.165, 1.54) is 0 Å². The van der Waals surface area contributed by atoms with Crippen molar-refractivity contribution in [2.75, 3.05) is 13.2 Å². The summed E-state index contributed by atoms with van der Waals surface area (Å²) in [6.07, 6.45) is -1.85. The maximum Gasteiger partial charge on any atom is 0.405 e. The predicted molar refractivity (Wildman–Crippen MR) is 111 cm³/mol. The van der Waals surface area contributed by atoms with Crippen molar-refractivity contribution >= 4 is 35.8 Å². The van der Waals surface area contributed by atoms with Crippen molar-refractivity contribution in [2.45, 2.75) is 18.9 Å². The van der Waals surface area contributed by atoms with Crippen molar-refractivity contribution in [1.82, 2.24) is 5.32 Å². The SMILES string of the molecule is NC(=O)O[C@@H](C[C@@H]1CCNC1=O)C(=O)COP(=O)(c1ccccc1)c1ccccc1. The molecule has 2 amide bonds. The highest BCUT2D eigenvalue weighted by Crippen LogP contribution is 2.44. The third-order valence-corrected chi connectivity index (χ3v) is 7.31. The first-order valence-electron chi connectivity index (χ1n) is 9.52. The number of rotatable bonds is 9. The highest BCUT2D eigenvalue weighted by molar-refractivity contribution is 7.74. The van der Waals surface area contributed by atoms with Gasteiger partial charge in [-0.1, -0.05) is 36.4 Å². The number of amides is 2. The summed E-state index contributed by atoms with van der Waals surface area (Å²) in [6.45, 7) is -0.0674. The Morgan fingerprint density at radius 1 is 1.07 bits per heavy atom. The van der Waals surface area contributed by atoms with Crippen LogP contribution in [0.2, 0.25) is 0 Å². The fraction of sp³-hybridized carbons (Fsp3) is 0.286. The first-order chi connectivity index (χ1) is 14.4. The standard InChI is InChI=1S/C21H23N2O6P/c22-21(26)29-19(13-15-11-12-23-20(15)25)18(24)14-28-30(27,16-7-3-1-4-8-16)17-9-5-2-6-10-17/h1-10,15,19H,11-14H2,(H2,22,26)(H,23,25)/t15-,19-/m0/s1. The fourth-order valence-electron chi connectivity index (χ4n) is 3.31. The molecule has 1 aliphatic rings. The number of ether oxygens (including phenoxy) is 1. The van der Waals surface area contributed by atoms with Gasteiger partial charge in [-0.2, -0.15) is 0 Å². The first kappa shape index (κ1) is 21.7. The zero-order valence-electron chi connectivity index (χ0n) is 16.2. The Morgan fingerprint density at radius 3 is 2.10 bits per heavy atom. The second-order valence-electron chi connectivity index (χ2n) is 6.90. The van der Waals surface area contributed by atoms with Gasteiger partial charge in [0.15, 0.2) is 11.9 Å². The first-order valence-corrected chi connectivity index (χ1v) is 11.1. The van der Waals surface area contributed by atoms with Crippen LogP contribution < -0.4 is 21.7 Å². The lowest BCUT2D eigenvalue weighted by Gasteiger charge is -2.22. The molecule has 8 nitrogen and oxygen atoms in total. The Bertz CT molecular complexity index is 907. The minimum absolute atomic E-state index is 0.00204. The number of carbonyl (C=O) groups is 3. The van der Waals surface area contributed by atoms with Gasteiger partial charge in [-0.15, -0.1) is 0 Å². The van der Waals surface area contributed by atoms with E-state index < -0.39 is 37.9 Å². The molecular weight excluding hydrogens is 407 g/mol. The van der Waals surface area contributed by atoms with Gasteiger partial charge in [0.2, 0.25) is 5.91 Å². The summed E-state index contributed by atoms with van der Waals surface area (Å²) >= 11 is 0. The van der Waals surface area contributed by atoms with Crippen molar-refractivity contribution < 1.29 is 28.2 Å². The van der Waals surface area contributed by atoms with Crippen molar-refractivity contribution in [3.63, 3.8) is 0 Å². The molecule has 1 saturated heterocycles. The van der Waals surface area contributed by atoms with E-state index in [0.717, 1.165) is 0 Å². The van der Waals surface area contributed by atoms with Gasteiger partial charge in [0, 0.05) is 29.5 Å². The average molecular weight is 430 g/mol. The van der Waals surface area contributed by atoms with Crippen LogP contribution in [0.5, 0.6) is 0 Å². The zero-order valence-corrected chi connectivity index (χ0v) is 17.1. The highest BCUT2D eigenvalue weighted by atomic mass is 31.2. The molecule has 0 radical (unpaired) electrons. The Kier molecular flexibility index (Phi) is 7.03. The number of nitrogens with one attached hydrogen (secondary N) is 1. The second kappa shape index (κ2) is 9.69. The molecule has 0 aromatic heterocycles. The van der Waals surface area contributed by atoms with E-state index in [4.69, 9.17) is 15.0 Å². The van der Waals surface area contributed by atoms with Crippen LogP contribution in [-0.2, 0) is 23.4 Å². The number of ketones is 1. The Balaban J connectivity index is 1.79. The molecule has 2 atom stereocenters. The van der Waals surface area contributed by atoms with Gasteiger partial charge >= 0.3 is 6.09 Å². The van der Waals surface area contributed by atoms with Gasteiger partial charge in [0.05, 0.1) is 0 Å². The van der Waals surface area contributed by atoms with Gasteiger partial charge in [0.25, 0.3) is 7.37 Å². The third-order valence-electron chi connectivity index (χ3n) is 4.86. The van der Waals surface area contributed by atoms with Crippen molar-refractivity contribution in [2.24, 2.45) is 11.7 Å². The molecule has 3 N–H and O–H groups in total. The Hall–Kier alpha value is -2.96. The van der Waals surface area contributed by atoms with Crippen LogP contribution >= 0.6 is 7.37 Å². The molecule has 1 fully saturated rings. The third kappa shape index (κ3) is 5.14. The lowest BCUT2D eigenvalue weighted by atomic mass is 9.98. The number of hydrogen-bond donors (Lipinski definition) is 2. The van der Waals surface area contributed by atoms with Crippen LogP contribution in [0.25, 0.3) is 0 Å². The van der Waals surface area contributed by atoms with Gasteiger partial charge in [-0.3, -0.25) is 14.2 Å². The summed E-state index contributed by atoms with van der Waals surface area (Å²) < 4.78 is 24.4. The molecule has 2 aromatic rings. The maximum atomic E-state index is 13.8. The summed E-state index contributed by atoms with van der Waals surface area (Å²) in [5.41, 5.74) is 5.09. The fourth-order valence-corrected chi connectivity index (χ4v) is 5.34. The summed E-state index contributed by atoms with van der Waals surface area (Å²) in [6, 6.07) is 17.2. The van der Waals surface area contributed by atoms with Crippen molar-refractivity contribution in [1.29, 1.82) is 0 Å². The number of primary amides is 1. The molecule has 30 heavy (non-hydrogen) atoms. The lowest BCUT2D eigenvalue weighted by molar-refractivity contribution is -0.131. The monoisotopic (exact) mass is 430 g/mol. The van der Waals surface area contributed by atoms with E-state index in [9.17, 15) is 18.9 Å². The molecular formula is C21H23N2O6P. The van der Waals surface area contributed by atoms with Crippen molar-refractivity contribution in [3.8, 4) is 0 Å². The topological polar surface area (TPSA) is 125 Å².